The number of nitrogens with two attached hydrogens (primary N) is 1. The van der Waals surface area contributed by atoms with Crippen LogP contribution in [0.3, 0.4) is 0 Å². The fraction of sp³-hybridized carbons (Fsp3) is 0.455. The standard InChI is InChI=1S/C11H15BrN2O/c12-10-7-9(8-15-13)3-4-11(10)14-5-1-2-6-14/h3-4,7H,1-2,5-6,8,13H2. The maximum absolute atomic E-state index is 5.05. The Hall–Kier alpha value is -0.580. The fourth-order valence-corrected chi connectivity index (χ4v) is 2.63. The molecule has 0 radical (unpaired) electrons. The van der Waals surface area contributed by atoms with Crippen molar-refractivity contribution in [2.24, 2.45) is 5.90 Å². The Kier molecular flexibility index (Phi) is 3.61. The molecule has 1 aliphatic rings. The lowest BCUT2D eigenvalue weighted by atomic mass is 10.2. The second-order valence-corrected chi connectivity index (χ2v) is 4.65. The molecule has 0 spiro atoms. The smallest absolute Gasteiger partial charge is 0.0930 e. The molecule has 2 N–H and O–H groups in total. The Morgan fingerprint density at radius 1 is 1.33 bits per heavy atom. The zero-order chi connectivity index (χ0) is 10.7. The summed E-state index contributed by atoms with van der Waals surface area (Å²) in [5.41, 5.74) is 2.36. The summed E-state index contributed by atoms with van der Waals surface area (Å²) < 4.78 is 1.12. The van der Waals surface area contributed by atoms with Crippen LogP contribution in [0.15, 0.2) is 22.7 Å². The van der Waals surface area contributed by atoms with E-state index in [1.807, 2.05) is 0 Å². The third kappa shape index (κ3) is 2.51. The molecule has 0 unspecified atom stereocenters. The third-order valence-electron chi connectivity index (χ3n) is 2.71. The van der Waals surface area contributed by atoms with Gasteiger partial charge in [-0.2, -0.15) is 0 Å². The van der Waals surface area contributed by atoms with Gasteiger partial charge in [0.05, 0.1) is 12.3 Å². The summed E-state index contributed by atoms with van der Waals surface area (Å²) in [4.78, 5) is 7.01. The van der Waals surface area contributed by atoms with Gasteiger partial charge in [-0.25, -0.2) is 5.90 Å². The highest BCUT2D eigenvalue weighted by Gasteiger charge is 2.14. The summed E-state index contributed by atoms with van der Waals surface area (Å²) in [6, 6.07) is 6.26. The van der Waals surface area contributed by atoms with Crippen molar-refractivity contribution in [1.82, 2.24) is 0 Å². The maximum Gasteiger partial charge on any atom is 0.0930 e. The van der Waals surface area contributed by atoms with Gasteiger partial charge in [0, 0.05) is 17.6 Å². The molecule has 15 heavy (non-hydrogen) atoms. The molecule has 0 aliphatic carbocycles. The topological polar surface area (TPSA) is 38.5 Å². The first-order valence-corrected chi connectivity index (χ1v) is 5.95. The molecule has 1 aromatic carbocycles. The highest BCUT2D eigenvalue weighted by molar-refractivity contribution is 9.10. The van der Waals surface area contributed by atoms with Crippen molar-refractivity contribution in [3.8, 4) is 0 Å². The summed E-state index contributed by atoms with van der Waals surface area (Å²) in [6.07, 6.45) is 2.58. The minimum absolute atomic E-state index is 0.457. The highest BCUT2D eigenvalue weighted by Crippen LogP contribution is 2.29. The highest BCUT2D eigenvalue weighted by atomic mass is 79.9. The average Bonchev–Trinajstić information content (AvgIpc) is 2.71. The lowest BCUT2D eigenvalue weighted by molar-refractivity contribution is 0.124. The van der Waals surface area contributed by atoms with Crippen LogP contribution in [0, 0.1) is 0 Å². The molecule has 2 rings (SSSR count). The molecule has 4 heteroatoms. The number of benzene rings is 1. The Morgan fingerprint density at radius 2 is 2.07 bits per heavy atom. The Labute approximate surface area is 98.3 Å². The first-order valence-electron chi connectivity index (χ1n) is 5.16. The van der Waals surface area contributed by atoms with E-state index in [1.165, 1.54) is 18.5 Å². The maximum atomic E-state index is 5.05. The monoisotopic (exact) mass is 270 g/mol. The van der Waals surface area contributed by atoms with Crippen LogP contribution in [0.4, 0.5) is 5.69 Å². The fourth-order valence-electron chi connectivity index (χ4n) is 1.95. The van der Waals surface area contributed by atoms with Gasteiger partial charge in [0.25, 0.3) is 0 Å². The first-order chi connectivity index (χ1) is 7.31. The van der Waals surface area contributed by atoms with Gasteiger partial charge < -0.3 is 4.90 Å². The normalized spacial score (nSPS) is 16.0. The second kappa shape index (κ2) is 4.96. The number of nitrogens with zero attached hydrogens (tertiary/aromatic N) is 1. The van der Waals surface area contributed by atoms with Gasteiger partial charge in [-0.05, 0) is 46.5 Å². The summed E-state index contributed by atoms with van der Waals surface area (Å²) in [5, 5.41) is 0. The minimum Gasteiger partial charge on any atom is -0.371 e. The van der Waals surface area contributed by atoms with E-state index in [2.05, 4.69) is 43.9 Å². The van der Waals surface area contributed by atoms with Crippen molar-refractivity contribution in [3.63, 3.8) is 0 Å². The number of hydrogen-bond donors (Lipinski definition) is 1. The lowest BCUT2D eigenvalue weighted by Crippen LogP contribution is -2.18. The van der Waals surface area contributed by atoms with Crippen LogP contribution in [0.2, 0.25) is 0 Å². The van der Waals surface area contributed by atoms with Crippen molar-refractivity contribution < 1.29 is 4.84 Å². The van der Waals surface area contributed by atoms with Crippen LogP contribution < -0.4 is 10.8 Å². The molecule has 82 valence electrons. The minimum atomic E-state index is 0.457. The van der Waals surface area contributed by atoms with E-state index in [-0.39, 0.29) is 0 Å². The molecule has 0 bridgehead atoms. The molecule has 1 aliphatic heterocycles. The molecule has 0 saturated carbocycles. The number of anilines is 1. The van der Waals surface area contributed by atoms with E-state index >= 15 is 0 Å². The summed E-state index contributed by atoms with van der Waals surface area (Å²) in [6.45, 7) is 2.77. The van der Waals surface area contributed by atoms with E-state index in [1.54, 1.807) is 0 Å². The summed E-state index contributed by atoms with van der Waals surface area (Å²) in [5.74, 6) is 5.05. The van der Waals surface area contributed by atoms with Gasteiger partial charge >= 0.3 is 0 Å². The molecule has 0 amide bonds. The Balaban J connectivity index is 2.18. The molecular weight excluding hydrogens is 256 g/mol. The van der Waals surface area contributed by atoms with Gasteiger partial charge in [0.15, 0.2) is 0 Å². The van der Waals surface area contributed by atoms with Gasteiger partial charge in [-0.1, -0.05) is 6.07 Å². The van der Waals surface area contributed by atoms with Crippen molar-refractivity contribution in [2.45, 2.75) is 19.4 Å². The quantitative estimate of drug-likeness (QED) is 0.858. The van der Waals surface area contributed by atoms with Crippen molar-refractivity contribution in [2.75, 3.05) is 18.0 Å². The second-order valence-electron chi connectivity index (χ2n) is 3.79. The predicted molar refractivity (Wildman–Crippen MR) is 64.6 cm³/mol. The Bertz CT molecular complexity index is 337. The number of halogens is 1. The Morgan fingerprint density at radius 3 is 2.67 bits per heavy atom. The molecule has 1 heterocycles. The third-order valence-corrected chi connectivity index (χ3v) is 3.34. The number of hydrogen-bond acceptors (Lipinski definition) is 3. The van der Waals surface area contributed by atoms with Crippen LogP contribution in [-0.2, 0) is 11.4 Å². The molecule has 1 aromatic rings. The van der Waals surface area contributed by atoms with Gasteiger partial charge in [-0.15, -0.1) is 0 Å². The molecule has 1 saturated heterocycles. The van der Waals surface area contributed by atoms with Crippen LogP contribution in [0.25, 0.3) is 0 Å². The van der Waals surface area contributed by atoms with Gasteiger partial charge in [0.1, 0.15) is 0 Å². The van der Waals surface area contributed by atoms with Crippen molar-refractivity contribution in [3.05, 3.63) is 28.2 Å². The van der Waals surface area contributed by atoms with Crippen LogP contribution in [0.1, 0.15) is 18.4 Å². The SMILES string of the molecule is NOCc1ccc(N2CCCC2)c(Br)c1. The molecule has 0 atom stereocenters. The predicted octanol–water partition coefficient (Wildman–Crippen LogP) is 2.44. The van der Waals surface area contributed by atoms with E-state index < -0.39 is 0 Å². The lowest BCUT2D eigenvalue weighted by Gasteiger charge is -2.19. The van der Waals surface area contributed by atoms with Gasteiger partial charge in [0.2, 0.25) is 0 Å². The average molecular weight is 271 g/mol. The first kappa shape index (κ1) is 10.9. The van der Waals surface area contributed by atoms with Crippen molar-refractivity contribution in [1.29, 1.82) is 0 Å². The molecule has 3 nitrogen and oxygen atoms in total. The largest absolute Gasteiger partial charge is 0.371 e. The van der Waals surface area contributed by atoms with Crippen LogP contribution >= 0.6 is 15.9 Å². The van der Waals surface area contributed by atoms with Gasteiger partial charge in [-0.3, -0.25) is 4.84 Å². The number of rotatable bonds is 3. The molecular formula is C11H15BrN2O. The molecule has 0 aromatic heterocycles. The van der Waals surface area contributed by atoms with E-state index in [4.69, 9.17) is 5.90 Å². The zero-order valence-electron chi connectivity index (χ0n) is 8.58. The van der Waals surface area contributed by atoms with Crippen molar-refractivity contribution >= 4 is 21.6 Å². The zero-order valence-corrected chi connectivity index (χ0v) is 10.2. The van der Waals surface area contributed by atoms with E-state index in [0.29, 0.717) is 6.61 Å². The van der Waals surface area contributed by atoms with Crippen LogP contribution in [0.5, 0.6) is 0 Å². The van der Waals surface area contributed by atoms with E-state index in [9.17, 15) is 0 Å². The van der Waals surface area contributed by atoms with Crippen LogP contribution in [-0.4, -0.2) is 13.1 Å². The molecule has 1 fully saturated rings. The summed E-state index contributed by atoms with van der Waals surface area (Å²) in [7, 11) is 0. The van der Waals surface area contributed by atoms with E-state index in [0.717, 1.165) is 23.1 Å². The summed E-state index contributed by atoms with van der Waals surface area (Å²) >= 11 is 3.59.